The molecule has 0 bridgehead atoms. The molecular formula is C12H18ClNO2S. The van der Waals surface area contributed by atoms with Crippen molar-refractivity contribution >= 4 is 21.6 Å². The molecule has 17 heavy (non-hydrogen) atoms. The first kappa shape index (κ1) is 14.5. The largest absolute Gasteiger partial charge is 0.241 e. The first-order valence-electron chi connectivity index (χ1n) is 5.52. The summed E-state index contributed by atoms with van der Waals surface area (Å²) >= 11 is 5.77. The Morgan fingerprint density at radius 2 is 1.88 bits per heavy atom. The van der Waals surface area contributed by atoms with E-state index in [1.165, 1.54) is 0 Å². The molecule has 0 aromatic heterocycles. The van der Waals surface area contributed by atoms with Gasteiger partial charge < -0.3 is 0 Å². The molecular weight excluding hydrogens is 258 g/mol. The van der Waals surface area contributed by atoms with Crippen LogP contribution in [0.25, 0.3) is 0 Å². The fourth-order valence-corrected chi connectivity index (χ4v) is 3.62. The van der Waals surface area contributed by atoms with Gasteiger partial charge in [-0.3, -0.25) is 0 Å². The Morgan fingerprint density at radius 1 is 1.29 bits per heavy atom. The summed E-state index contributed by atoms with van der Waals surface area (Å²) in [4.78, 5) is 0.316. The number of sulfonamides is 1. The Balaban J connectivity index is 3.01. The minimum Gasteiger partial charge on any atom is -0.207 e. The van der Waals surface area contributed by atoms with E-state index in [9.17, 15) is 8.42 Å². The summed E-state index contributed by atoms with van der Waals surface area (Å²) in [5.41, 5.74) is 0.733. The molecule has 0 radical (unpaired) electrons. The van der Waals surface area contributed by atoms with Crippen molar-refractivity contribution in [3.05, 3.63) is 29.8 Å². The van der Waals surface area contributed by atoms with Crippen molar-refractivity contribution in [3.8, 4) is 0 Å². The molecule has 1 aromatic rings. The summed E-state index contributed by atoms with van der Waals surface area (Å²) in [5, 5.41) is 0. The molecule has 1 aromatic carbocycles. The van der Waals surface area contributed by atoms with Crippen LogP contribution in [0.5, 0.6) is 0 Å². The van der Waals surface area contributed by atoms with Crippen molar-refractivity contribution < 1.29 is 8.42 Å². The molecule has 0 spiro atoms. The van der Waals surface area contributed by atoms with Crippen LogP contribution in [0.3, 0.4) is 0 Å². The number of nitrogens with one attached hydrogen (secondary N) is 1. The van der Waals surface area contributed by atoms with Crippen LogP contribution in [0.1, 0.15) is 19.4 Å². The molecule has 0 amide bonds. The molecule has 0 saturated heterocycles. The van der Waals surface area contributed by atoms with Crippen LogP contribution >= 0.6 is 11.6 Å². The molecule has 96 valence electrons. The van der Waals surface area contributed by atoms with Crippen molar-refractivity contribution in [1.82, 2.24) is 4.72 Å². The molecule has 0 aliphatic carbocycles. The van der Waals surface area contributed by atoms with Crippen molar-refractivity contribution in [2.24, 2.45) is 5.92 Å². The maximum absolute atomic E-state index is 12.2. The quantitative estimate of drug-likeness (QED) is 0.840. The first-order valence-corrected chi connectivity index (χ1v) is 7.54. The molecule has 1 N–H and O–H groups in total. The van der Waals surface area contributed by atoms with E-state index in [1.54, 1.807) is 25.1 Å². The van der Waals surface area contributed by atoms with E-state index in [0.717, 1.165) is 5.56 Å². The Morgan fingerprint density at radius 3 is 2.35 bits per heavy atom. The van der Waals surface area contributed by atoms with Gasteiger partial charge in [0.15, 0.2) is 0 Å². The number of alkyl halides is 1. The van der Waals surface area contributed by atoms with E-state index in [-0.39, 0.29) is 17.8 Å². The summed E-state index contributed by atoms with van der Waals surface area (Å²) in [6.07, 6.45) is 0. The summed E-state index contributed by atoms with van der Waals surface area (Å²) in [6.45, 7) is 5.65. The second-order valence-electron chi connectivity index (χ2n) is 4.39. The van der Waals surface area contributed by atoms with Gasteiger partial charge in [-0.05, 0) is 24.5 Å². The molecule has 3 nitrogen and oxygen atoms in total. The predicted octanol–water partition coefficient (Wildman–Crippen LogP) is 2.54. The smallest absolute Gasteiger partial charge is 0.207 e. The van der Waals surface area contributed by atoms with Crippen LogP contribution < -0.4 is 4.72 Å². The van der Waals surface area contributed by atoms with Gasteiger partial charge in [-0.15, -0.1) is 11.6 Å². The van der Waals surface area contributed by atoms with Gasteiger partial charge in [0.25, 0.3) is 0 Å². The van der Waals surface area contributed by atoms with Crippen LogP contribution in [-0.2, 0) is 10.0 Å². The lowest BCUT2D eigenvalue weighted by Crippen LogP contribution is -2.40. The molecule has 1 atom stereocenters. The third-order valence-electron chi connectivity index (χ3n) is 2.66. The lowest BCUT2D eigenvalue weighted by atomic mass is 10.1. The highest BCUT2D eigenvalue weighted by atomic mass is 35.5. The Labute approximate surface area is 108 Å². The van der Waals surface area contributed by atoms with Gasteiger partial charge in [0.05, 0.1) is 4.90 Å². The number of benzene rings is 1. The molecule has 0 aliphatic heterocycles. The SMILES string of the molecule is Cc1ccccc1S(=O)(=O)NC(CCl)C(C)C. The zero-order chi connectivity index (χ0) is 13.1. The molecule has 0 saturated carbocycles. The molecule has 1 rings (SSSR count). The van der Waals surface area contributed by atoms with Gasteiger partial charge >= 0.3 is 0 Å². The number of hydrogen-bond acceptors (Lipinski definition) is 2. The van der Waals surface area contributed by atoms with E-state index in [4.69, 9.17) is 11.6 Å². The Kier molecular flexibility index (Phi) is 4.98. The maximum Gasteiger partial charge on any atom is 0.241 e. The average molecular weight is 276 g/mol. The third-order valence-corrected chi connectivity index (χ3v) is 4.64. The number of aryl methyl sites for hydroxylation is 1. The summed E-state index contributed by atoms with van der Waals surface area (Å²) in [6, 6.07) is 6.66. The van der Waals surface area contributed by atoms with Crippen LogP contribution in [-0.4, -0.2) is 20.3 Å². The van der Waals surface area contributed by atoms with Gasteiger partial charge in [0.2, 0.25) is 10.0 Å². The number of rotatable bonds is 5. The average Bonchev–Trinajstić information content (AvgIpc) is 2.26. The van der Waals surface area contributed by atoms with Gasteiger partial charge in [-0.25, -0.2) is 13.1 Å². The first-order chi connectivity index (χ1) is 7.88. The standard InChI is InChI=1S/C12H18ClNO2S/c1-9(2)11(8-13)14-17(15,16)12-7-5-4-6-10(12)3/h4-7,9,11,14H,8H2,1-3H3. The highest BCUT2D eigenvalue weighted by Crippen LogP contribution is 2.16. The fraction of sp³-hybridized carbons (Fsp3) is 0.500. The van der Waals surface area contributed by atoms with E-state index in [2.05, 4.69) is 4.72 Å². The van der Waals surface area contributed by atoms with Crippen LogP contribution in [0.4, 0.5) is 0 Å². The van der Waals surface area contributed by atoms with E-state index in [0.29, 0.717) is 4.90 Å². The Bertz CT molecular complexity index is 471. The summed E-state index contributed by atoms with van der Waals surface area (Å²) < 4.78 is 27.0. The second kappa shape index (κ2) is 5.85. The van der Waals surface area contributed by atoms with Crippen molar-refractivity contribution in [2.45, 2.75) is 31.7 Å². The van der Waals surface area contributed by atoms with Gasteiger partial charge in [0, 0.05) is 11.9 Å². The summed E-state index contributed by atoms with van der Waals surface area (Å²) in [5.74, 6) is 0.425. The predicted molar refractivity (Wildman–Crippen MR) is 70.8 cm³/mol. The van der Waals surface area contributed by atoms with Gasteiger partial charge in [-0.1, -0.05) is 32.0 Å². The van der Waals surface area contributed by atoms with Crippen molar-refractivity contribution in [3.63, 3.8) is 0 Å². The highest BCUT2D eigenvalue weighted by Gasteiger charge is 2.22. The molecule has 0 aliphatic rings. The van der Waals surface area contributed by atoms with Gasteiger partial charge in [0.1, 0.15) is 0 Å². The lowest BCUT2D eigenvalue weighted by molar-refractivity contribution is 0.480. The lowest BCUT2D eigenvalue weighted by Gasteiger charge is -2.20. The second-order valence-corrected chi connectivity index (χ2v) is 6.38. The Hall–Kier alpha value is -0.580. The topological polar surface area (TPSA) is 46.2 Å². The normalized spacial score (nSPS) is 13.9. The summed E-state index contributed by atoms with van der Waals surface area (Å²) in [7, 11) is -3.48. The highest BCUT2D eigenvalue weighted by molar-refractivity contribution is 7.89. The minimum atomic E-state index is -3.48. The molecule has 5 heteroatoms. The molecule has 0 heterocycles. The third kappa shape index (κ3) is 3.69. The number of halogens is 1. The van der Waals surface area contributed by atoms with E-state index >= 15 is 0 Å². The van der Waals surface area contributed by atoms with Crippen LogP contribution in [0.15, 0.2) is 29.2 Å². The zero-order valence-electron chi connectivity index (χ0n) is 10.3. The van der Waals surface area contributed by atoms with E-state index < -0.39 is 10.0 Å². The minimum absolute atomic E-state index is 0.159. The zero-order valence-corrected chi connectivity index (χ0v) is 11.8. The van der Waals surface area contributed by atoms with Crippen molar-refractivity contribution in [2.75, 3.05) is 5.88 Å². The number of hydrogen-bond donors (Lipinski definition) is 1. The fourth-order valence-electron chi connectivity index (χ4n) is 1.47. The van der Waals surface area contributed by atoms with E-state index in [1.807, 2.05) is 19.9 Å². The monoisotopic (exact) mass is 275 g/mol. The van der Waals surface area contributed by atoms with Crippen molar-refractivity contribution in [1.29, 1.82) is 0 Å². The van der Waals surface area contributed by atoms with Crippen LogP contribution in [0, 0.1) is 12.8 Å². The molecule has 1 unspecified atom stereocenters. The van der Waals surface area contributed by atoms with Gasteiger partial charge in [-0.2, -0.15) is 0 Å². The van der Waals surface area contributed by atoms with Crippen LogP contribution in [0.2, 0.25) is 0 Å². The molecule has 0 fully saturated rings. The maximum atomic E-state index is 12.2.